The van der Waals surface area contributed by atoms with E-state index in [4.69, 9.17) is 29.3 Å². The van der Waals surface area contributed by atoms with Gasteiger partial charge >= 0.3 is 6.01 Å². The van der Waals surface area contributed by atoms with E-state index in [0.29, 0.717) is 71.2 Å². The smallest absolute Gasteiger partial charge is 0.319 e. The number of fused-ring (bicyclic) bond motifs is 3. The number of halogens is 2. The number of pyridine rings is 1. The molecule has 3 N–H and O–H groups in total. The van der Waals surface area contributed by atoms with Crippen LogP contribution in [0.2, 0.25) is 0 Å². The van der Waals surface area contributed by atoms with E-state index in [2.05, 4.69) is 9.88 Å². The van der Waals surface area contributed by atoms with Gasteiger partial charge in [-0.25, -0.2) is 8.78 Å². The minimum Gasteiger partial charge on any atom is -0.508 e. The third kappa shape index (κ3) is 7.22. The number of aromatic hydroxyl groups is 1. The number of nitrogens with zero attached hydrogens (tertiary/aromatic N) is 5. The van der Waals surface area contributed by atoms with Crippen molar-refractivity contribution in [1.29, 1.82) is 0 Å². The second-order valence-electron chi connectivity index (χ2n) is 15.6. The second-order valence-corrected chi connectivity index (χ2v) is 15.6. The second kappa shape index (κ2) is 16.4. The highest BCUT2D eigenvalue weighted by molar-refractivity contribution is 6.01. The predicted octanol–water partition coefficient (Wildman–Crippen LogP) is 6.42. The lowest BCUT2D eigenvalue weighted by Crippen LogP contribution is -2.64. The topological polar surface area (TPSA) is 134 Å². The molecule has 2 aromatic heterocycles. The lowest BCUT2D eigenvalue weighted by molar-refractivity contribution is -0.196. The summed E-state index contributed by atoms with van der Waals surface area (Å²) < 4.78 is 49.8. The third-order valence-corrected chi connectivity index (χ3v) is 12.4. The summed E-state index contributed by atoms with van der Waals surface area (Å²) in [4.78, 5) is 18.7. The van der Waals surface area contributed by atoms with Crippen LogP contribution < -0.4 is 9.64 Å². The lowest BCUT2D eigenvalue weighted by Gasteiger charge is -2.60. The Bertz CT molecular complexity index is 1990. The SMILES string of the molecule is CC.CCc1c(F)ccc2cc(O)cc(-c3ncc4c(N5CCOCC(O)C5)nc(OCC56CCCC5N(C5CC7(COC7)C5)CCC6)nc4c3F)c12.CO. The minimum atomic E-state index is -0.761. The molecule has 13 heteroatoms. The first-order valence-corrected chi connectivity index (χ1v) is 20.0. The molecule has 2 aliphatic carbocycles. The molecule has 0 radical (unpaired) electrons. The Morgan fingerprint density at radius 3 is 2.55 bits per heavy atom. The van der Waals surface area contributed by atoms with E-state index < -0.39 is 17.7 Å². The molecule has 2 saturated carbocycles. The van der Waals surface area contributed by atoms with Gasteiger partial charge < -0.3 is 34.4 Å². The molecule has 3 atom stereocenters. The van der Waals surface area contributed by atoms with Crippen molar-refractivity contribution in [3.05, 3.63) is 47.7 Å². The molecule has 5 fully saturated rings. The zero-order chi connectivity index (χ0) is 38.9. The number of phenols is 1. The van der Waals surface area contributed by atoms with E-state index in [1.807, 2.05) is 25.7 Å². The quantitative estimate of drug-likeness (QED) is 0.193. The number of aryl methyl sites for hydroxylation is 1. The van der Waals surface area contributed by atoms with Crippen molar-refractivity contribution < 1.29 is 38.3 Å². The fourth-order valence-corrected chi connectivity index (χ4v) is 9.92. The van der Waals surface area contributed by atoms with Gasteiger partial charge in [-0.05, 0) is 86.0 Å². The number of aromatic nitrogens is 3. The van der Waals surface area contributed by atoms with E-state index in [1.165, 1.54) is 31.2 Å². The maximum Gasteiger partial charge on any atom is 0.319 e. The third-order valence-electron chi connectivity index (χ3n) is 12.4. The Morgan fingerprint density at radius 1 is 1.02 bits per heavy atom. The summed E-state index contributed by atoms with van der Waals surface area (Å²) in [6.45, 7) is 10.4. The first-order chi connectivity index (χ1) is 26.8. The zero-order valence-corrected chi connectivity index (χ0v) is 32.5. The molecule has 0 bridgehead atoms. The molecule has 9 rings (SSSR count). The maximum atomic E-state index is 17.0. The first-order valence-electron chi connectivity index (χ1n) is 20.0. The van der Waals surface area contributed by atoms with Crippen LogP contribution in [0.4, 0.5) is 14.6 Å². The molecule has 55 heavy (non-hydrogen) atoms. The minimum absolute atomic E-state index is 0.0128. The molecule has 298 valence electrons. The highest BCUT2D eigenvalue weighted by Crippen LogP contribution is 2.55. The van der Waals surface area contributed by atoms with Gasteiger partial charge in [-0.1, -0.05) is 33.3 Å². The van der Waals surface area contributed by atoms with E-state index in [0.717, 1.165) is 59.0 Å². The van der Waals surface area contributed by atoms with Crippen molar-refractivity contribution in [2.45, 2.75) is 90.3 Å². The number of hydrogen-bond acceptors (Lipinski definition) is 11. The van der Waals surface area contributed by atoms with Crippen LogP contribution in [0.15, 0.2) is 30.5 Å². The molecule has 5 aliphatic rings. The highest BCUT2D eigenvalue weighted by atomic mass is 19.1. The van der Waals surface area contributed by atoms with E-state index in [1.54, 1.807) is 12.1 Å². The molecule has 0 amide bonds. The normalized spacial score (nSPS) is 24.9. The number of piperidine rings is 1. The van der Waals surface area contributed by atoms with Gasteiger partial charge in [-0.3, -0.25) is 9.88 Å². The Labute approximate surface area is 321 Å². The summed E-state index contributed by atoms with van der Waals surface area (Å²) >= 11 is 0. The number of β-amino-alcohol motifs (C(OH)–C–C–N with tert-alkyl or cyclic N) is 1. The van der Waals surface area contributed by atoms with Crippen LogP contribution >= 0.6 is 0 Å². The van der Waals surface area contributed by atoms with Gasteiger partial charge in [0.15, 0.2) is 5.82 Å². The van der Waals surface area contributed by atoms with Gasteiger partial charge in [-0.2, -0.15) is 9.97 Å². The number of phenolic OH excluding ortho intramolecular Hbond substituents is 1. The van der Waals surface area contributed by atoms with Crippen molar-refractivity contribution >= 4 is 27.5 Å². The van der Waals surface area contributed by atoms with Crippen LogP contribution in [0.25, 0.3) is 32.9 Å². The Kier molecular flexibility index (Phi) is 11.8. The van der Waals surface area contributed by atoms with E-state index >= 15 is 8.78 Å². The number of rotatable bonds is 7. The maximum absolute atomic E-state index is 17.0. The summed E-state index contributed by atoms with van der Waals surface area (Å²) in [5, 5.41) is 29.7. The van der Waals surface area contributed by atoms with Crippen molar-refractivity contribution in [3.63, 3.8) is 0 Å². The van der Waals surface area contributed by atoms with Crippen LogP contribution in [0.3, 0.4) is 0 Å². The van der Waals surface area contributed by atoms with Gasteiger partial charge in [0.1, 0.15) is 28.6 Å². The molecule has 11 nitrogen and oxygen atoms in total. The van der Waals surface area contributed by atoms with E-state index in [-0.39, 0.29) is 47.1 Å². The van der Waals surface area contributed by atoms with Crippen LogP contribution in [-0.2, 0) is 15.9 Å². The molecule has 3 unspecified atom stereocenters. The molecule has 1 spiro atoms. The fourth-order valence-electron chi connectivity index (χ4n) is 9.92. The van der Waals surface area contributed by atoms with Gasteiger partial charge in [-0.15, -0.1) is 0 Å². The molecular formula is C42H55F2N5O6. The standard InChI is InChI=1S/C39H45F2N5O5.C2H6.CH4O/c1-2-27-30(40)7-6-23-13-25(47)14-28(32(23)27)34-33(41)35-29(17-42-34)36(45-11-12-49-19-26(48)18-45)44-37(43-35)51-22-39-8-3-5-31(39)46(10-4-9-39)24-15-38(16-24)20-50-21-38;2*1-2/h6-7,13-14,17,24,26,31,47-48H,2-5,8-12,15-16,18-22H2,1H3;1-2H3;2H,1H3. The first kappa shape index (κ1) is 39.5. The highest BCUT2D eigenvalue weighted by Gasteiger charge is 2.56. The Hall–Kier alpha value is -3.75. The van der Waals surface area contributed by atoms with Crippen LogP contribution in [-0.4, -0.2) is 113 Å². The number of aliphatic hydroxyl groups is 2. The van der Waals surface area contributed by atoms with Gasteiger partial charge in [0, 0.05) is 54.9 Å². The average Bonchev–Trinajstić information content (AvgIpc) is 3.49. The molecular weight excluding hydrogens is 708 g/mol. The number of aliphatic hydroxyl groups excluding tert-OH is 2. The molecule has 2 aromatic carbocycles. The summed E-state index contributed by atoms with van der Waals surface area (Å²) in [5.41, 5.74) is 1.02. The molecule has 5 heterocycles. The predicted molar refractivity (Wildman–Crippen MR) is 208 cm³/mol. The monoisotopic (exact) mass is 763 g/mol. The molecule has 3 aliphatic heterocycles. The fraction of sp³-hybridized carbons (Fsp3) is 0.595. The molecule has 4 aromatic rings. The van der Waals surface area contributed by atoms with Crippen LogP contribution in [0.1, 0.15) is 71.3 Å². The van der Waals surface area contributed by atoms with Gasteiger partial charge in [0.2, 0.25) is 0 Å². The van der Waals surface area contributed by atoms with Crippen LogP contribution in [0.5, 0.6) is 11.8 Å². The number of hydrogen-bond donors (Lipinski definition) is 3. The largest absolute Gasteiger partial charge is 0.508 e. The van der Waals surface area contributed by atoms with Crippen molar-refractivity contribution in [2.24, 2.45) is 10.8 Å². The van der Waals surface area contributed by atoms with Crippen LogP contribution in [0, 0.1) is 22.5 Å². The Morgan fingerprint density at radius 2 is 1.80 bits per heavy atom. The summed E-state index contributed by atoms with van der Waals surface area (Å²) in [6.07, 6.45) is 9.07. The van der Waals surface area contributed by atoms with Gasteiger partial charge in [0.05, 0.1) is 44.5 Å². The summed E-state index contributed by atoms with van der Waals surface area (Å²) in [7, 11) is 1.00. The van der Waals surface area contributed by atoms with E-state index in [9.17, 15) is 10.2 Å². The van der Waals surface area contributed by atoms with Crippen molar-refractivity contribution in [1.82, 2.24) is 19.9 Å². The number of benzene rings is 2. The number of anilines is 1. The summed E-state index contributed by atoms with van der Waals surface area (Å²) in [6, 6.07) is 7.00. The Balaban J connectivity index is 0.00000113. The van der Waals surface area contributed by atoms with Crippen molar-refractivity contribution in [3.8, 4) is 23.0 Å². The van der Waals surface area contributed by atoms with Crippen molar-refractivity contribution in [2.75, 3.05) is 64.7 Å². The molecule has 3 saturated heterocycles. The van der Waals surface area contributed by atoms with Gasteiger partial charge in [0.25, 0.3) is 0 Å². The zero-order valence-electron chi connectivity index (χ0n) is 32.5. The summed E-state index contributed by atoms with van der Waals surface area (Å²) in [5.74, 6) is -0.791. The number of likely N-dealkylation sites (tertiary alicyclic amines) is 1. The lowest BCUT2D eigenvalue weighted by atomic mass is 9.62. The average molecular weight is 764 g/mol. The number of ether oxygens (including phenoxy) is 3.